The molecule has 0 aliphatic heterocycles. The molecule has 0 aromatic carbocycles. The zero-order valence-corrected chi connectivity index (χ0v) is 14.0. The number of aromatic nitrogens is 2. The molecule has 0 amide bonds. The lowest BCUT2D eigenvalue weighted by Crippen LogP contribution is -2.30. The number of hydrogen-bond donors (Lipinski definition) is 1. The summed E-state index contributed by atoms with van der Waals surface area (Å²) in [5.74, 6) is 0. The highest BCUT2D eigenvalue weighted by Gasteiger charge is 2.27. The third kappa shape index (κ3) is 5.96. The zero-order valence-electron chi connectivity index (χ0n) is 12.4. The van der Waals surface area contributed by atoms with Gasteiger partial charge in [-0.1, -0.05) is 6.92 Å². The quantitative estimate of drug-likeness (QED) is 0.714. The van der Waals surface area contributed by atoms with Gasteiger partial charge in [0.2, 0.25) is 0 Å². The van der Waals surface area contributed by atoms with Crippen molar-refractivity contribution in [1.29, 1.82) is 0 Å². The van der Waals surface area contributed by atoms with Crippen LogP contribution in [0.4, 0.5) is 13.2 Å². The van der Waals surface area contributed by atoms with E-state index in [9.17, 15) is 13.2 Å². The molecule has 1 N–H and O–H groups in total. The summed E-state index contributed by atoms with van der Waals surface area (Å²) in [6, 6.07) is 0.0367. The summed E-state index contributed by atoms with van der Waals surface area (Å²) in [4.78, 5) is 0. The molecule has 0 spiro atoms. The van der Waals surface area contributed by atoms with E-state index in [1.54, 1.807) is 7.05 Å². The number of aryl methyl sites for hydroxylation is 2. The SMILES string of the molecule is CCc1nn(C)c(CC(CCOCC(F)(F)F)NC)c1Br. The number of rotatable bonds is 8. The molecular formula is C13H21BrF3N3O. The van der Waals surface area contributed by atoms with E-state index in [0.717, 1.165) is 22.3 Å². The second kappa shape index (κ2) is 8.14. The summed E-state index contributed by atoms with van der Waals surface area (Å²) in [6.07, 6.45) is -2.26. The summed E-state index contributed by atoms with van der Waals surface area (Å²) in [6.45, 7) is 0.900. The molecule has 0 aliphatic carbocycles. The third-order valence-corrected chi connectivity index (χ3v) is 4.14. The van der Waals surface area contributed by atoms with E-state index < -0.39 is 12.8 Å². The van der Waals surface area contributed by atoms with Crippen LogP contribution in [0.25, 0.3) is 0 Å². The minimum atomic E-state index is -4.27. The van der Waals surface area contributed by atoms with Crippen LogP contribution in [0.3, 0.4) is 0 Å². The first-order valence-electron chi connectivity index (χ1n) is 6.80. The smallest absolute Gasteiger partial charge is 0.372 e. The third-order valence-electron chi connectivity index (χ3n) is 3.23. The van der Waals surface area contributed by atoms with Gasteiger partial charge in [-0.25, -0.2) is 0 Å². The van der Waals surface area contributed by atoms with Gasteiger partial charge in [-0.2, -0.15) is 18.3 Å². The lowest BCUT2D eigenvalue weighted by molar-refractivity contribution is -0.174. The van der Waals surface area contributed by atoms with Gasteiger partial charge < -0.3 is 10.1 Å². The first-order chi connectivity index (χ1) is 9.78. The van der Waals surface area contributed by atoms with E-state index in [4.69, 9.17) is 0 Å². The molecule has 0 fully saturated rings. The topological polar surface area (TPSA) is 39.1 Å². The van der Waals surface area contributed by atoms with Crippen molar-refractivity contribution in [3.8, 4) is 0 Å². The Balaban J connectivity index is 2.53. The van der Waals surface area contributed by atoms with Crippen molar-refractivity contribution in [2.45, 2.75) is 38.4 Å². The molecule has 0 saturated heterocycles. The molecule has 0 radical (unpaired) electrons. The van der Waals surface area contributed by atoms with Crippen LogP contribution >= 0.6 is 15.9 Å². The van der Waals surface area contributed by atoms with Crippen molar-refractivity contribution in [3.63, 3.8) is 0 Å². The number of nitrogens with zero attached hydrogens (tertiary/aromatic N) is 2. The standard InChI is InChI=1S/C13H21BrF3N3O/c1-4-10-12(14)11(20(3)19-10)7-9(18-2)5-6-21-8-13(15,16)17/h9,18H,4-8H2,1-3H3. The van der Waals surface area contributed by atoms with Crippen LogP contribution < -0.4 is 5.32 Å². The van der Waals surface area contributed by atoms with Gasteiger partial charge in [0, 0.05) is 26.1 Å². The van der Waals surface area contributed by atoms with Gasteiger partial charge in [-0.05, 0) is 35.8 Å². The highest BCUT2D eigenvalue weighted by atomic mass is 79.9. The second-order valence-corrected chi connectivity index (χ2v) is 5.62. The van der Waals surface area contributed by atoms with E-state index in [2.05, 4.69) is 31.1 Å². The van der Waals surface area contributed by atoms with Crippen LogP contribution in [0, 0.1) is 0 Å². The van der Waals surface area contributed by atoms with E-state index in [1.165, 1.54) is 0 Å². The Labute approximate surface area is 131 Å². The van der Waals surface area contributed by atoms with Crippen molar-refractivity contribution >= 4 is 15.9 Å². The Morgan fingerprint density at radius 2 is 2.10 bits per heavy atom. The Bertz CT molecular complexity index is 449. The van der Waals surface area contributed by atoms with Crippen LogP contribution in [-0.2, 0) is 24.6 Å². The molecule has 1 aromatic heterocycles. The maximum absolute atomic E-state index is 12.0. The summed E-state index contributed by atoms with van der Waals surface area (Å²) in [7, 11) is 3.66. The maximum atomic E-state index is 12.0. The van der Waals surface area contributed by atoms with Crippen LogP contribution in [0.5, 0.6) is 0 Å². The Morgan fingerprint density at radius 1 is 1.43 bits per heavy atom. The molecule has 1 atom stereocenters. The molecule has 1 aromatic rings. The lowest BCUT2D eigenvalue weighted by atomic mass is 10.1. The lowest BCUT2D eigenvalue weighted by Gasteiger charge is -2.17. The van der Waals surface area contributed by atoms with E-state index in [0.29, 0.717) is 12.8 Å². The van der Waals surface area contributed by atoms with E-state index >= 15 is 0 Å². The van der Waals surface area contributed by atoms with Gasteiger partial charge in [0.05, 0.1) is 15.9 Å². The predicted molar refractivity (Wildman–Crippen MR) is 78.3 cm³/mol. The van der Waals surface area contributed by atoms with E-state index in [-0.39, 0.29) is 12.6 Å². The maximum Gasteiger partial charge on any atom is 0.411 e. The van der Waals surface area contributed by atoms with Crippen molar-refractivity contribution in [2.24, 2.45) is 7.05 Å². The zero-order chi connectivity index (χ0) is 16.0. The summed E-state index contributed by atoms with van der Waals surface area (Å²) >= 11 is 3.54. The fraction of sp³-hybridized carbons (Fsp3) is 0.769. The van der Waals surface area contributed by atoms with Gasteiger partial charge >= 0.3 is 6.18 Å². The Kier molecular flexibility index (Phi) is 7.15. The molecule has 4 nitrogen and oxygen atoms in total. The average Bonchev–Trinajstić information content (AvgIpc) is 2.67. The van der Waals surface area contributed by atoms with E-state index in [1.807, 2.05) is 18.7 Å². The molecule has 21 heavy (non-hydrogen) atoms. The highest BCUT2D eigenvalue weighted by Crippen LogP contribution is 2.23. The van der Waals surface area contributed by atoms with Gasteiger partial charge in [0.25, 0.3) is 0 Å². The van der Waals surface area contributed by atoms with Crippen LogP contribution in [0.15, 0.2) is 4.47 Å². The number of alkyl halides is 3. The average molecular weight is 372 g/mol. The monoisotopic (exact) mass is 371 g/mol. The molecular weight excluding hydrogens is 351 g/mol. The fourth-order valence-corrected chi connectivity index (χ4v) is 2.82. The minimum absolute atomic E-state index is 0.0367. The van der Waals surface area contributed by atoms with Crippen molar-refractivity contribution in [2.75, 3.05) is 20.3 Å². The molecule has 8 heteroatoms. The van der Waals surface area contributed by atoms with Crippen molar-refractivity contribution in [3.05, 3.63) is 15.9 Å². The predicted octanol–water partition coefficient (Wildman–Crippen LogP) is 2.84. The molecule has 0 aliphatic rings. The first kappa shape index (κ1) is 18.4. The largest absolute Gasteiger partial charge is 0.411 e. The summed E-state index contributed by atoms with van der Waals surface area (Å²) < 4.78 is 43.4. The van der Waals surface area contributed by atoms with Crippen LogP contribution in [-0.4, -0.2) is 42.3 Å². The first-order valence-corrected chi connectivity index (χ1v) is 7.59. The molecule has 0 bridgehead atoms. The summed E-state index contributed by atoms with van der Waals surface area (Å²) in [5.41, 5.74) is 2.01. The summed E-state index contributed by atoms with van der Waals surface area (Å²) in [5, 5.41) is 7.51. The van der Waals surface area contributed by atoms with Gasteiger partial charge in [0.1, 0.15) is 6.61 Å². The van der Waals surface area contributed by atoms with Gasteiger partial charge in [0.15, 0.2) is 0 Å². The Morgan fingerprint density at radius 3 is 2.57 bits per heavy atom. The molecule has 0 saturated carbocycles. The highest BCUT2D eigenvalue weighted by molar-refractivity contribution is 9.10. The van der Waals surface area contributed by atoms with Crippen molar-refractivity contribution in [1.82, 2.24) is 15.1 Å². The van der Waals surface area contributed by atoms with Gasteiger partial charge in [-0.15, -0.1) is 0 Å². The fourth-order valence-electron chi connectivity index (χ4n) is 2.04. The number of likely N-dealkylation sites (N-methyl/N-ethyl adjacent to an activating group) is 1. The molecule has 1 rings (SSSR count). The van der Waals surface area contributed by atoms with Crippen molar-refractivity contribution < 1.29 is 17.9 Å². The molecule has 122 valence electrons. The van der Waals surface area contributed by atoms with Crippen LogP contribution in [0.1, 0.15) is 24.7 Å². The number of halogens is 4. The normalized spacial score (nSPS) is 13.7. The number of nitrogens with one attached hydrogen (secondary N) is 1. The number of hydrogen-bond acceptors (Lipinski definition) is 3. The second-order valence-electron chi connectivity index (χ2n) is 4.83. The van der Waals surface area contributed by atoms with Crippen LogP contribution in [0.2, 0.25) is 0 Å². The Hall–Kier alpha value is -0.600. The molecule has 1 unspecified atom stereocenters. The van der Waals surface area contributed by atoms with Gasteiger partial charge in [-0.3, -0.25) is 4.68 Å². The number of ether oxygens (including phenoxy) is 1. The molecule has 1 heterocycles. The minimum Gasteiger partial charge on any atom is -0.372 e.